The van der Waals surface area contributed by atoms with Crippen molar-refractivity contribution in [3.05, 3.63) is 119 Å². The number of benzene rings is 4. The number of aryl methyl sites for hydroxylation is 1. The van der Waals surface area contributed by atoms with E-state index in [0.717, 1.165) is 33.7 Å². The van der Waals surface area contributed by atoms with E-state index < -0.39 is 0 Å². The van der Waals surface area contributed by atoms with Crippen LogP contribution in [-0.2, 0) is 6.42 Å². The summed E-state index contributed by atoms with van der Waals surface area (Å²) in [4.78, 5) is 0. The molecule has 0 aromatic heterocycles. The van der Waals surface area contributed by atoms with Crippen LogP contribution < -0.4 is 0 Å². The van der Waals surface area contributed by atoms with Gasteiger partial charge in [0.2, 0.25) is 0 Å². The Hall–Kier alpha value is -3.09. The zero-order valence-electron chi connectivity index (χ0n) is 17.5. The Morgan fingerprint density at radius 3 is 1.67 bits per heavy atom. The second kappa shape index (κ2) is 8.73. The molecule has 0 saturated carbocycles. The third-order valence-electron chi connectivity index (χ3n) is 5.34. The number of rotatable bonds is 5. The van der Waals surface area contributed by atoms with Gasteiger partial charge in [-0.1, -0.05) is 114 Å². The van der Waals surface area contributed by atoms with Crippen LogP contribution in [0.3, 0.4) is 0 Å². The minimum absolute atomic E-state index is 0.766. The maximum absolute atomic E-state index is 6.67. The summed E-state index contributed by atoms with van der Waals surface area (Å²) in [6, 6.07) is 32.2. The molecule has 4 rings (SSSR count). The van der Waals surface area contributed by atoms with Crippen molar-refractivity contribution in [1.29, 1.82) is 0 Å². The average molecular weight is 409 g/mol. The molecule has 148 valence electrons. The molecule has 4 aromatic rings. The van der Waals surface area contributed by atoms with Crippen LogP contribution >= 0.6 is 11.6 Å². The van der Waals surface area contributed by atoms with Gasteiger partial charge in [-0.3, -0.25) is 0 Å². The summed E-state index contributed by atoms with van der Waals surface area (Å²) in [5.74, 6) is 0. The van der Waals surface area contributed by atoms with Crippen molar-refractivity contribution in [3.8, 4) is 33.4 Å². The Labute approximate surface area is 184 Å². The molecule has 0 aliphatic carbocycles. The van der Waals surface area contributed by atoms with Gasteiger partial charge in [-0.15, -0.1) is 0 Å². The predicted octanol–water partition coefficient (Wildman–Crippen LogP) is 8.77. The minimum atomic E-state index is 0.766. The van der Waals surface area contributed by atoms with E-state index in [2.05, 4.69) is 111 Å². The van der Waals surface area contributed by atoms with Gasteiger partial charge < -0.3 is 0 Å². The molecular weight excluding hydrogens is 384 g/mol. The first-order valence-corrected chi connectivity index (χ1v) is 10.6. The number of allylic oxidation sites excluding steroid dienone is 1. The maximum atomic E-state index is 6.67. The SMILES string of the molecule is C=C(C)Cc1ccc(-c2ccc(-c3ccc(-c4ccc(C)cc4)cc3)cc2Cl)cc1. The molecule has 0 unspecified atom stereocenters. The summed E-state index contributed by atoms with van der Waals surface area (Å²) in [5.41, 5.74) is 10.6. The lowest BCUT2D eigenvalue weighted by Crippen LogP contribution is -1.87. The van der Waals surface area contributed by atoms with E-state index in [4.69, 9.17) is 11.6 Å². The Balaban J connectivity index is 1.57. The fourth-order valence-corrected chi connectivity index (χ4v) is 3.97. The standard InChI is InChI=1S/C29H25Cl/c1-20(2)18-22-6-10-26(11-7-22)28-17-16-27(19-29(28)30)25-14-12-24(13-15-25)23-8-4-21(3)5-9-23/h4-17,19H,1,18H2,2-3H3. The van der Waals surface area contributed by atoms with Gasteiger partial charge in [-0.25, -0.2) is 0 Å². The molecule has 0 aliphatic rings. The molecule has 0 N–H and O–H groups in total. The topological polar surface area (TPSA) is 0 Å². The van der Waals surface area contributed by atoms with E-state index >= 15 is 0 Å². The smallest absolute Gasteiger partial charge is 0.0490 e. The lowest BCUT2D eigenvalue weighted by atomic mass is 9.97. The monoisotopic (exact) mass is 408 g/mol. The quantitative estimate of drug-likeness (QED) is 0.289. The third kappa shape index (κ3) is 4.56. The van der Waals surface area contributed by atoms with Gasteiger partial charge in [0.1, 0.15) is 0 Å². The highest BCUT2D eigenvalue weighted by Crippen LogP contribution is 2.33. The van der Waals surface area contributed by atoms with E-state index in [0.29, 0.717) is 0 Å². The van der Waals surface area contributed by atoms with Gasteiger partial charge in [0.25, 0.3) is 0 Å². The average Bonchev–Trinajstić information content (AvgIpc) is 2.75. The summed E-state index contributed by atoms with van der Waals surface area (Å²) in [7, 11) is 0. The summed E-state index contributed by atoms with van der Waals surface area (Å²) in [5, 5.41) is 0.766. The summed E-state index contributed by atoms with van der Waals surface area (Å²) in [6.45, 7) is 8.15. The van der Waals surface area contributed by atoms with Crippen LogP contribution in [0.25, 0.3) is 33.4 Å². The van der Waals surface area contributed by atoms with Crippen LogP contribution in [0.5, 0.6) is 0 Å². The van der Waals surface area contributed by atoms with Gasteiger partial charge in [0.15, 0.2) is 0 Å². The van der Waals surface area contributed by atoms with E-state index in [-0.39, 0.29) is 0 Å². The highest BCUT2D eigenvalue weighted by atomic mass is 35.5. The van der Waals surface area contributed by atoms with Crippen molar-refractivity contribution in [2.75, 3.05) is 0 Å². The molecule has 0 heterocycles. The molecule has 0 spiro atoms. The van der Waals surface area contributed by atoms with Gasteiger partial charge in [-0.05, 0) is 59.7 Å². The first-order valence-electron chi connectivity index (χ1n) is 10.2. The second-order valence-electron chi connectivity index (χ2n) is 7.97. The number of halogens is 1. The van der Waals surface area contributed by atoms with Gasteiger partial charge >= 0.3 is 0 Å². The summed E-state index contributed by atoms with van der Waals surface area (Å²) < 4.78 is 0. The molecule has 1 heteroatoms. The fourth-order valence-electron chi connectivity index (χ4n) is 3.68. The first-order chi connectivity index (χ1) is 14.5. The van der Waals surface area contributed by atoms with E-state index in [1.807, 2.05) is 0 Å². The highest BCUT2D eigenvalue weighted by Gasteiger charge is 2.07. The molecule has 4 aromatic carbocycles. The van der Waals surface area contributed by atoms with Gasteiger partial charge in [0.05, 0.1) is 0 Å². The Kier molecular flexibility index (Phi) is 5.88. The molecular formula is C29H25Cl. The summed E-state index contributed by atoms with van der Waals surface area (Å²) in [6.07, 6.45) is 0.908. The fraction of sp³-hybridized carbons (Fsp3) is 0.103. The van der Waals surface area contributed by atoms with Crippen LogP contribution in [0.4, 0.5) is 0 Å². The third-order valence-corrected chi connectivity index (χ3v) is 5.66. The van der Waals surface area contributed by atoms with Crippen molar-refractivity contribution in [3.63, 3.8) is 0 Å². The zero-order valence-corrected chi connectivity index (χ0v) is 18.2. The van der Waals surface area contributed by atoms with Crippen LogP contribution in [0.2, 0.25) is 5.02 Å². The highest BCUT2D eigenvalue weighted by molar-refractivity contribution is 6.33. The predicted molar refractivity (Wildman–Crippen MR) is 131 cm³/mol. The van der Waals surface area contributed by atoms with Crippen molar-refractivity contribution in [2.24, 2.45) is 0 Å². The first kappa shape index (κ1) is 20.2. The molecule has 0 nitrogen and oxygen atoms in total. The summed E-state index contributed by atoms with van der Waals surface area (Å²) >= 11 is 6.67. The molecule has 0 bridgehead atoms. The largest absolute Gasteiger partial charge is 0.0998 e. The van der Waals surface area contributed by atoms with Crippen molar-refractivity contribution in [2.45, 2.75) is 20.3 Å². The van der Waals surface area contributed by atoms with Crippen molar-refractivity contribution in [1.82, 2.24) is 0 Å². The van der Waals surface area contributed by atoms with Crippen molar-refractivity contribution >= 4 is 11.6 Å². The normalized spacial score (nSPS) is 10.8. The lowest BCUT2D eigenvalue weighted by Gasteiger charge is -2.10. The van der Waals surface area contributed by atoms with E-state index in [1.54, 1.807) is 0 Å². The molecule has 0 amide bonds. The molecule has 0 fully saturated rings. The van der Waals surface area contributed by atoms with Gasteiger partial charge in [-0.2, -0.15) is 0 Å². The molecule has 0 radical (unpaired) electrons. The number of hydrogen-bond donors (Lipinski definition) is 0. The second-order valence-corrected chi connectivity index (χ2v) is 8.38. The van der Waals surface area contributed by atoms with E-state index in [1.165, 1.54) is 27.8 Å². The van der Waals surface area contributed by atoms with Crippen LogP contribution in [-0.4, -0.2) is 0 Å². The van der Waals surface area contributed by atoms with Gasteiger partial charge in [0, 0.05) is 10.6 Å². The van der Waals surface area contributed by atoms with Crippen molar-refractivity contribution < 1.29 is 0 Å². The minimum Gasteiger partial charge on any atom is -0.0998 e. The molecule has 0 atom stereocenters. The maximum Gasteiger partial charge on any atom is 0.0490 e. The van der Waals surface area contributed by atoms with E-state index in [9.17, 15) is 0 Å². The molecule has 0 aliphatic heterocycles. The Bertz CT molecular complexity index is 1160. The van der Waals surface area contributed by atoms with Crippen LogP contribution in [0.1, 0.15) is 18.1 Å². The molecule has 30 heavy (non-hydrogen) atoms. The Morgan fingerprint density at radius 2 is 1.13 bits per heavy atom. The van der Waals surface area contributed by atoms with Crippen LogP contribution in [0.15, 0.2) is 103 Å². The van der Waals surface area contributed by atoms with Crippen LogP contribution in [0, 0.1) is 6.92 Å². The number of hydrogen-bond acceptors (Lipinski definition) is 0. The lowest BCUT2D eigenvalue weighted by molar-refractivity contribution is 1.16. The zero-order chi connectivity index (χ0) is 21.1. The molecule has 0 saturated heterocycles. The Morgan fingerprint density at radius 1 is 0.667 bits per heavy atom.